The molecule has 2 rings (SSSR count). The SMILES string of the molecule is CCOC(=O)c1n[nH]nc1C(=O)c1cc(OCOC)c(C)cc1[N+](=O)[O-]. The fraction of sp³-hybridized carbons (Fsp3) is 0.333. The van der Waals surface area contributed by atoms with Crippen molar-refractivity contribution in [2.75, 3.05) is 20.5 Å². The molecule has 1 aromatic heterocycles. The number of hydrogen-bond donors (Lipinski definition) is 1. The van der Waals surface area contributed by atoms with Gasteiger partial charge in [0.25, 0.3) is 5.69 Å². The van der Waals surface area contributed by atoms with Crippen LogP contribution in [0.4, 0.5) is 5.69 Å². The summed E-state index contributed by atoms with van der Waals surface area (Å²) < 4.78 is 14.9. The number of aromatic nitrogens is 3. The van der Waals surface area contributed by atoms with E-state index in [4.69, 9.17) is 14.2 Å². The number of methoxy groups -OCH3 is 1. The van der Waals surface area contributed by atoms with Crippen LogP contribution < -0.4 is 4.74 Å². The van der Waals surface area contributed by atoms with Gasteiger partial charge in [-0.1, -0.05) is 0 Å². The lowest BCUT2D eigenvalue weighted by atomic mass is 10.0. The van der Waals surface area contributed by atoms with Crippen LogP contribution in [0.2, 0.25) is 0 Å². The summed E-state index contributed by atoms with van der Waals surface area (Å²) >= 11 is 0. The van der Waals surface area contributed by atoms with Crippen molar-refractivity contribution >= 4 is 17.4 Å². The van der Waals surface area contributed by atoms with Crippen molar-refractivity contribution in [1.29, 1.82) is 0 Å². The molecule has 0 aliphatic heterocycles. The van der Waals surface area contributed by atoms with Crippen molar-refractivity contribution in [3.8, 4) is 5.75 Å². The van der Waals surface area contributed by atoms with Gasteiger partial charge < -0.3 is 14.2 Å². The molecule has 1 heterocycles. The Hall–Kier alpha value is -3.34. The summed E-state index contributed by atoms with van der Waals surface area (Å²) in [6.45, 7) is 3.14. The third-order valence-electron chi connectivity index (χ3n) is 3.30. The Morgan fingerprint density at radius 3 is 2.58 bits per heavy atom. The molecule has 138 valence electrons. The number of carbonyl (C=O) groups is 2. The van der Waals surface area contributed by atoms with Gasteiger partial charge in [0.15, 0.2) is 12.5 Å². The Bertz CT molecular complexity index is 847. The molecule has 0 saturated heterocycles. The minimum Gasteiger partial charge on any atom is -0.467 e. The molecule has 0 bridgehead atoms. The van der Waals surface area contributed by atoms with E-state index >= 15 is 0 Å². The molecule has 0 aliphatic rings. The zero-order chi connectivity index (χ0) is 19.3. The van der Waals surface area contributed by atoms with Gasteiger partial charge in [-0.3, -0.25) is 14.9 Å². The Morgan fingerprint density at radius 2 is 1.96 bits per heavy atom. The summed E-state index contributed by atoms with van der Waals surface area (Å²) in [6.07, 6.45) is 0. The number of nitrogens with one attached hydrogen (secondary N) is 1. The van der Waals surface area contributed by atoms with Crippen LogP contribution in [0.3, 0.4) is 0 Å². The molecule has 1 N–H and O–H groups in total. The Kier molecular flexibility index (Phi) is 5.96. The van der Waals surface area contributed by atoms with Gasteiger partial charge in [-0.2, -0.15) is 10.3 Å². The molecule has 11 nitrogen and oxygen atoms in total. The highest BCUT2D eigenvalue weighted by Gasteiger charge is 2.30. The lowest BCUT2D eigenvalue weighted by Crippen LogP contribution is -2.14. The number of carbonyl (C=O) groups excluding carboxylic acids is 2. The van der Waals surface area contributed by atoms with Crippen LogP contribution in [0.5, 0.6) is 5.75 Å². The fourth-order valence-corrected chi connectivity index (χ4v) is 2.14. The van der Waals surface area contributed by atoms with Crippen LogP contribution in [0.1, 0.15) is 39.0 Å². The number of nitro groups is 1. The molecule has 0 saturated carbocycles. The quantitative estimate of drug-likeness (QED) is 0.241. The van der Waals surface area contributed by atoms with Crippen molar-refractivity contribution in [2.45, 2.75) is 13.8 Å². The molecule has 0 atom stereocenters. The highest BCUT2D eigenvalue weighted by atomic mass is 16.7. The van der Waals surface area contributed by atoms with E-state index in [2.05, 4.69) is 15.4 Å². The van der Waals surface area contributed by atoms with E-state index in [1.54, 1.807) is 13.8 Å². The number of nitro benzene ring substituents is 1. The van der Waals surface area contributed by atoms with Crippen LogP contribution in [-0.2, 0) is 9.47 Å². The number of aromatic amines is 1. The lowest BCUT2D eigenvalue weighted by molar-refractivity contribution is -0.385. The highest BCUT2D eigenvalue weighted by Crippen LogP contribution is 2.30. The predicted molar refractivity (Wildman–Crippen MR) is 86.1 cm³/mol. The predicted octanol–water partition coefficient (Wildman–Crippen LogP) is 1.41. The van der Waals surface area contributed by atoms with Gasteiger partial charge in [0.05, 0.1) is 11.5 Å². The van der Waals surface area contributed by atoms with E-state index < -0.39 is 22.4 Å². The van der Waals surface area contributed by atoms with Gasteiger partial charge in [-0.15, -0.1) is 5.10 Å². The van der Waals surface area contributed by atoms with Gasteiger partial charge in [0.2, 0.25) is 11.5 Å². The van der Waals surface area contributed by atoms with Crippen molar-refractivity contribution in [2.24, 2.45) is 0 Å². The van der Waals surface area contributed by atoms with Gasteiger partial charge >= 0.3 is 5.97 Å². The van der Waals surface area contributed by atoms with Gasteiger partial charge in [0.1, 0.15) is 11.3 Å². The summed E-state index contributed by atoms with van der Waals surface area (Å²) in [5.41, 5.74) is -1.04. The van der Waals surface area contributed by atoms with Crippen molar-refractivity contribution < 1.29 is 28.7 Å². The second-order valence-electron chi connectivity index (χ2n) is 5.01. The summed E-state index contributed by atoms with van der Waals surface area (Å²) in [5.74, 6) is -1.51. The number of H-pyrrole nitrogens is 1. The normalized spacial score (nSPS) is 10.4. The standard InChI is InChI=1S/C15H16N4O7/c1-4-25-15(21)13-12(16-18-17-13)14(20)9-6-11(26-7-24-3)8(2)5-10(9)19(22)23/h5-6H,4,7H2,1-3H3,(H,16,17,18). The number of hydrogen-bond acceptors (Lipinski definition) is 9. The number of aryl methyl sites for hydroxylation is 1. The maximum absolute atomic E-state index is 12.8. The molecule has 0 spiro atoms. The monoisotopic (exact) mass is 364 g/mol. The van der Waals surface area contributed by atoms with Crippen molar-refractivity contribution in [3.05, 3.63) is 44.8 Å². The van der Waals surface area contributed by atoms with Crippen LogP contribution in [-0.4, -0.2) is 52.6 Å². The molecule has 0 aliphatic carbocycles. The molecular formula is C15H16N4O7. The van der Waals surface area contributed by atoms with Crippen LogP contribution in [0.15, 0.2) is 12.1 Å². The smallest absolute Gasteiger partial charge is 0.361 e. The van der Waals surface area contributed by atoms with E-state index in [9.17, 15) is 19.7 Å². The topological polar surface area (TPSA) is 147 Å². The van der Waals surface area contributed by atoms with Gasteiger partial charge in [-0.25, -0.2) is 4.79 Å². The minimum absolute atomic E-state index is 0.0685. The minimum atomic E-state index is -0.866. The number of nitrogens with zero attached hydrogens (tertiary/aromatic N) is 3. The third kappa shape index (κ3) is 3.83. The molecule has 0 amide bonds. The molecule has 11 heteroatoms. The number of ether oxygens (including phenoxy) is 3. The van der Waals surface area contributed by atoms with Gasteiger partial charge in [-0.05, 0) is 25.5 Å². The zero-order valence-corrected chi connectivity index (χ0v) is 14.3. The molecule has 1 aromatic carbocycles. The number of rotatable bonds is 8. The second kappa shape index (κ2) is 8.16. The first-order valence-electron chi connectivity index (χ1n) is 7.44. The summed E-state index contributed by atoms with van der Waals surface area (Å²) in [7, 11) is 1.41. The lowest BCUT2D eigenvalue weighted by Gasteiger charge is -2.10. The molecule has 26 heavy (non-hydrogen) atoms. The second-order valence-corrected chi connectivity index (χ2v) is 5.01. The molecule has 0 radical (unpaired) electrons. The number of esters is 1. The first-order valence-corrected chi connectivity index (χ1v) is 7.44. The molecule has 2 aromatic rings. The third-order valence-corrected chi connectivity index (χ3v) is 3.30. The Balaban J connectivity index is 2.52. The number of ketones is 1. The van der Waals surface area contributed by atoms with Crippen molar-refractivity contribution in [1.82, 2.24) is 15.4 Å². The molecular weight excluding hydrogens is 348 g/mol. The largest absolute Gasteiger partial charge is 0.467 e. The van der Waals surface area contributed by atoms with Crippen LogP contribution in [0.25, 0.3) is 0 Å². The van der Waals surface area contributed by atoms with Crippen LogP contribution >= 0.6 is 0 Å². The van der Waals surface area contributed by atoms with Crippen LogP contribution in [0, 0.1) is 17.0 Å². The highest BCUT2D eigenvalue weighted by molar-refractivity contribution is 6.14. The zero-order valence-electron chi connectivity index (χ0n) is 14.3. The summed E-state index contributed by atoms with van der Waals surface area (Å²) in [6, 6.07) is 2.40. The first-order chi connectivity index (χ1) is 12.4. The fourth-order valence-electron chi connectivity index (χ4n) is 2.14. The Morgan fingerprint density at radius 1 is 1.27 bits per heavy atom. The summed E-state index contributed by atoms with van der Waals surface area (Å²) in [5, 5.41) is 20.7. The van der Waals surface area contributed by atoms with Gasteiger partial charge in [0, 0.05) is 13.2 Å². The number of benzene rings is 1. The van der Waals surface area contributed by atoms with E-state index in [1.807, 2.05) is 0 Å². The van der Waals surface area contributed by atoms with E-state index in [0.717, 1.165) is 0 Å². The van der Waals surface area contributed by atoms with E-state index in [0.29, 0.717) is 5.56 Å². The van der Waals surface area contributed by atoms with E-state index in [1.165, 1.54) is 19.2 Å². The van der Waals surface area contributed by atoms with Crippen molar-refractivity contribution in [3.63, 3.8) is 0 Å². The molecule has 0 unspecified atom stereocenters. The maximum Gasteiger partial charge on any atom is 0.361 e. The average molecular weight is 364 g/mol. The maximum atomic E-state index is 12.8. The Labute approximate surface area is 147 Å². The first kappa shape index (κ1) is 19.0. The molecule has 0 fully saturated rings. The summed E-state index contributed by atoms with van der Waals surface area (Å²) in [4.78, 5) is 35.3. The van der Waals surface area contributed by atoms with E-state index in [-0.39, 0.29) is 36.1 Å². The average Bonchev–Trinajstić information content (AvgIpc) is 3.09.